The number of thiazole rings is 1. The Morgan fingerprint density at radius 1 is 1.04 bits per heavy atom. The molecule has 0 spiro atoms. The molecule has 0 aliphatic carbocycles. The first kappa shape index (κ1) is 19.1. The maximum absolute atomic E-state index is 12.2. The minimum Gasteiger partial charge on any atom is -0.483 e. The van der Waals surface area contributed by atoms with Crippen molar-refractivity contribution >= 4 is 22.4 Å². The fourth-order valence-corrected chi connectivity index (χ4v) is 3.60. The predicted octanol–water partition coefficient (Wildman–Crippen LogP) is 5.37. The van der Waals surface area contributed by atoms with Crippen LogP contribution in [0.2, 0.25) is 0 Å². The molecule has 27 heavy (non-hydrogen) atoms. The highest BCUT2D eigenvalue weighted by molar-refractivity contribution is 7.14. The van der Waals surface area contributed by atoms with Gasteiger partial charge in [-0.05, 0) is 74.6 Å². The fourth-order valence-electron chi connectivity index (χ4n) is 2.87. The van der Waals surface area contributed by atoms with Crippen molar-refractivity contribution in [3.8, 4) is 17.0 Å². The molecule has 0 bridgehead atoms. The van der Waals surface area contributed by atoms with Gasteiger partial charge in [-0.2, -0.15) is 0 Å². The highest BCUT2D eigenvalue weighted by Crippen LogP contribution is 2.29. The van der Waals surface area contributed by atoms with Gasteiger partial charge in [-0.25, -0.2) is 4.98 Å². The van der Waals surface area contributed by atoms with Crippen LogP contribution in [0, 0.1) is 34.6 Å². The average molecular weight is 381 g/mol. The first-order chi connectivity index (χ1) is 12.8. The SMILES string of the molecule is Cc1cc(C)c(-c2csc(NC(=O)COc3cccc(C)c3C)n2)cc1C. The zero-order valence-corrected chi connectivity index (χ0v) is 17.2. The predicted molar refractivity (Wildman–Crippen MR) is 112 cm³/mol. The lowest BCUT2D eigenvalue weighted by atomic mass is 9.99. The molecule has 5 heteroatoms. The standard InChI is InChI=1S/C22H24N2O2S/c1-13-7-6-8-20(17(13)5)26-11-21(25)24-22-23-19(12-27-22)18-10-15(3)14(2)9-16(18)4/h6-10,12H,11H2,1-5H3,(H,23,24,25). The Hall–Kier alpha value is -2.66. The maximum atomic E-state index is 12.2. The van der Waals surface area contributed by atoms with Crippen molar-refractivity contribution < 1.29 is 9.53 Å². The third kappa shape index (κ3) is 4.37. The molecule has 0 radical (unpaired) electrons. The molecular weight excluding hydrogens is 356 g/mol. The van der Waals surface area contributed by atoms with Gasteiger partial charge in [-0.1, -0.05) is 18.2 Å². The van der Waals surface area contributed by atoms with Crippen LogP contribution in [0.3, 0.4) is 0 Å². The number of rotatable bonds is 5. The van der Waals surface area contributed by atoms with E-state index < -0.39 is 0 Å². The average Bonchev–Trinajstić information content (AvgIpc) is 3.07. The topological polar surface area (TPSA) is 51.2 Å². The van der Waals surface area contributed by atoms with Crippen molar-refractivity contribution in [2.75, 3.05) is 11.9 Å². The van der Waals surface area contributed by atoms with E-state index in [4.69, 9.17) is 4.74 Å². The summed E-state index contributed by atoms with van der Waals surface area (Å²) in [7, 11) is 0. The van der Waals surface area contributed by atoms with Gasteiger partial charge in [0.2, 0.25) is 0 Å². The Balaban J connectivity index is 1.66. The van der Waals surface area contributed by atoms with E-state index in [-0.39, 0.29) is 12.5 Å². The van der Waals surface area contributed by atoms with Crippen molar-refractivity contribution in [1.82, 2.24) is 4.98 Å². The van der Waals surface area contributed by atoms with E-state index in [1.165, 1.54) is 28.0 Å². The van der Waals surface area contributed by atoms with E-state index in [2.05, 4.69) is 43.2 Å². The molecule has 1 aromatic heterocycles. The van der Waals surface area contributed by atoms with Gasteiger partial charge in [-0.3, -0.25) is 10.1 Å². The molecule has 1 heterocycles. The van der Waals surface area contributed by atoms with Crippen LogP contribution in [0.1, 0.15) is 27.8 Å². The summed E-state index contributed by atoms with van der Waals surface area (Å²) in [4.78, 5) is 16.8. The molecule has 2 aromatic carbocycles. The molecule has 0 atom stereocenters. The van der Waals surface area contributed by atoms with Crippen LogP contribution in [0.25, 0.3) is 11.3 Å². The third-order valence-electron chi connectivity index (χ3n) is 4.78. The van der Waals surface area contributed by atoms with Crippen LogP contribution in [0.5, 0.6) is 5.75 Å². The summed E-state index contributed by atoms with van der Waals surface area (Å²) in [5, 5.41) is 5.38. The van der Waals surface area contributed by atoms with Crippen molar-refractivity contribution in [2.24, 2.45) is 0 Å². The smallest absolute Gasteiger partial charge is 0.264 e. The lowest BCUT2D eigenvalue weighted by Crippen LogP contribution is -2.20. The lowest BCUT2D eigenvalue weighted by Gasteiger charge is -2.10. The first-order valence-corrected chi connectivity index (χ1v) is 9.75. The number of nitrogens with zero attached hydrogens (tertiary/aromatic N) is 1. The van der Waals surface area contributed by atoms with Crippen LogP contribution in [0.4, 0.5) is 5.13 Å². The van der Waals surface area contributed by atoms with E-state index in [0.717, 1.165) is 28.1 Å². The van der Waals surface area contributed by atoms with Crippen molar-refractivity contribution in [3.63, 3.8) is 0 Å². The Morgan fingerprint density at radius 2 is 1.78 bits per heavy atom. The van der Waals surface area contributed by atoms with E-state index in [1.54, 1.807) is 0 Å². The summed E-state index contributed by atoms with van der Waals surface area (Å²) in [5.41, 5.74) is 7.85. The molecule has 4 nitrogen and oxygen atoms in total. The van der Waals surface area contributed by atoms with Gasteiger partial charge in [0.1, 0.15) is 5.75 Å². The summed E-state index contributed by atoms with van der Waals surface area (Å²) < 4.78 is 5.66. The highest BCUT2D eigenvalue weighted by Gasteiger charge is 2.12. The Labute approximate surface area is 164 Å². The molecule has 0 unspecified atom stereocenters. The summed E-state index contributed by atoms with van der Waals surface area (Å²) >= 11 is 1.42. The molecule has 0 saturated heterocycles. The lowest BCUT2D eigenvalue weighted by molar-refractivity contribution is -0.118. The summed E-state index contributed by atoms with van der Waals surface area (Å²) in [6, 6.07) is 10.1. The van der Waals surface area contributed by atoms with Gasteiger partial charge in [-0.15, -0.1) is 11.3 Å². The summed E-state index contributed by atoms with van der Waals surface area (Å²) in [5.74, 6) is 0.518. The molecule has 140 valence electrons. The minimum atomic E-state index is -0.214. The first-order valence-electron chi connectivity index (χ1n) is 8.87. The third-order valence-corrected chi connectivity index (χ3v) is 5.54. The largest absolute Gasteiger partial charge is 0.483 e. The number of aryl methyl sites for hydroxylation is 4. The molecule has 3 rings (SSSR count). The number of ether oxygens (including phenoxy) is 1. The normalized spacial score (nSPS) is 10.7. The van der Waals surface area contributed by atoms with Gasteiger partial charge in [0.05, 0.1) is 5.69 Å². The second kappa shape index (κ2) is 7.92. The molecule has 0 aliphatic rings. The molecule has 3 aromatic rings. The Bertz CT molecular complexity index is 992. The van der Waals surface area contributed by atoms with E-state index in [9.17, 15) is 4.79 Å². The molecule has 0 saturated carbocycles. The van der Waals surface area contributed by atoms with Gasteiger partial charge >= 0.3 is 0 Å². The van der Waals surface area contributed by atoms with Gasteiger partial charge in [0, 0.05) is 10.9 Å². The monoisotopic (exact) mass is 380 g/mol. The van der Waals surface area contributed by atoms with Crippen LogP contribution < -0.4 is 10.1 Å². The maximum Gasteiger partial charge on any atom is 0.264 e. The van der Waals surface area contributed by atoms with E-state index >= 15 is 0 Å². The fraction of sp³-hybridized carbons (Fsp3) is 0.273. The highest BCUT2D eigenvalue weighted by atomic mass is 32.1. The number of benzene rings is 2. The molecule has 1 amide bonds. The number of nitrogens with one attached hydrogen (secondary N) is 1. The molecular formula is C22H24N2O2S. The minimum absolute atomic E-state index is 0.0398. The molecule has 1 N–H and O–H groups in total. The van der Waals surface area contributed by atoms with Crippen LogP contribution in [-0.4, -0.2) is 17.5 Å². The van der Waals surface area contributed by atoms with Crippen LogP contribution in [-0.2, 0) is 4.79 Å². The van der Waals surface area contributed by atoms with Crippen molar-refractivity contribution in [2.45, 2.75) is 34.6 Å². The van der Waals surface area contributed by atoms with Crippen LogP contribution >= 0.6 is 11.3 Å². The summed E-state index contributed by atoms with van der Waals surface area (Å²) in [6.07, 6.45) is 0. The van der Waals surface area contributed by atoms with Crippen LogP contribution in [0.15, 0.2) is 35.7 Å². The number of hydrogen-bond acceptors (Lipinski definition) is 4. The number of anilines is 1. The zero-order valence-electron chi connectivity index (χ0n) is 16.3. The number of amides is 1. The quantitative estimate of drug-likeness (QED) is 0.647. The van der Waals surface area contributed by atoms with Gasteiger partial charge in [0.15, 0.2) is 11.7 Å². The summed E-state index contributed by atoms with van der Waals surface area (Å²) in [6.45, 7) is 10.3. The number of hydrogen-bond donors (Lipinski definition) is 1. The Kier molecular flexibility index (Phi) is 5.61. The second-order valence-electron chi connectivity index (χ2n) is 6.82. The van der Waals surface area contributed by atoms with E-state index in [1.807, 2.05) is 37.4 Å². The second-order valence-corrected chi connectivity index (χ2v) is 7.68. The number of carbonyl (C=O) groups excluding carboxylic acids is 1. The molecule has 0 aliphatic heterocycles. The zero-order chi connectivity index (χ0) is 19.6. The van der Waals surface area contributed by atoms with Gasteiger partial charge in [0.25, 0.3) is 5.91 Å². The number of aromatic nitrogens is 1. The van der Waals surface area contributed by atoms with Crippen molar-refractivity contribution in [3.05, 3.63) is 63.5 Å². The number of carbonyl (C=O) groups is 1. The molecule has 0 fully saturated rings. The Morgan fingerprint density at radius 3 is 2.56 bits per heavy atom. The van der Waals surface area contributed by atoms with E-state index in [0.29, 0.717) is 5.13 Å². The van der Waals surface area contributed by atoms with Crippen molar-refractivity contribution in [1.29, 1.82) is 0 Å². The van der Waals surface area contributed by atoms with Gasteiger partial charge < -0.3 is 4.74 Å².